The van der Waals surface area contributed by atoms with E-state index in [1.165, 1.54) is 11.1 Å². The topological polar surface area (TPSA) is 25.2 Å². The Hall–Kier alpha value is -1.06. The van der Waals surface area contributed by atoms with E-state index in [0.717, 1.165) is 16.9 Å². The number of hydrogen-bond donors (Lipinski definition) is 1. The lowest BCUT2D eigenvalue weighted by molar-refractivity contribution is 0.447. The van der Waals surface area contributed by atoms with Crippen molar-refractivity contribution >= 4 is 15.9 Å². The molecule has 0 fully saturated rings. The fourth-order valence-electron chi connectivity index (χ4n) is 1.95. The average Bonchev–Trinajstić information content (AvgIpc) is 2.77. The van der Waals surface area contributed by atoms with Gasteiger partial charge >= 0.3 is 0 Å². The van der Waals surface area contributed by atoms with Crippen molar-refractivity contribution in [3.05, 3.63) is 58.0 Å². The highest BCUT2D eigenvalue weighted by Crippen LogP contribution is 2.26. The van der Waals surface area contributed by atoms with Gasteiger partial charge in [-0.1, -0.05) is 31.2 Å². The van der Waals surface area contributed by atoms with Crippen LogP contribution < -0.4 is 5.32 Å². The first-order valence-corrected chi connectivity index (χ1v) is 6.55. The minimum Gasteiger partial charge on any atom is -0.452 e. The Labute approximate surface area is 110 Å². The number of nitrogens with one attached hydrogen (secondary N) is 1. The van der Waals surface area contributed by atoms with E-state index in [4.69, 9.17) is 4.42 Å². The lowest BCUT2D eigenvalue weighted by atomic mass is 10.0. The predicted molar refractivity (Wildman–Crippen MR) is 73.1 cm³/mol. The third kappa shape index (κ3) is 2.79. The van der Waals surface area contributed by atoms with Crippen molar-refractivity contribution in [3.8, 4) is 0 Å². The summed E-state index contributed by atoms with van der Waals surface area (Å²) in [4.78, 5) is 0. The molecule has 0 radical (unpaired) electrons. The zero-order valence-corrected chi connectivity index (χ0v) is 11.6. The van der Waals surface area contributed by atoms with Gasteiger partial charge in [0.1, 0.15) is 5.76 Å². The molecule has 0 aliphatic heterocycles. The van der Waals surface area contributed by atoms with Gasteiger partial charge < -0.3 is 9.73 Å². The van der Waals surface area contributed by atoms with E-state index in [-0.39, 0.29) is 6.04 Å². The number of aryl methyl sites for hydroxylation is 1. The van der Waals surface area contributed by atoms with Gasteiger partial charge in [0.05, 0.1) is 6.04 Å². The first-order valence-electron chi connectivity index (χ1n) is 5.76. The highest BCUT2D eigenvalue weighted by Gasteiger charge is 2.15. The maximum Gasteiger partial charge on any atom is 0.169 e. The molecule has 1 heterocycles. The maximum absolute atomic E-state index is 5.62. The fraction of sp³-hybridized carbons (Fsp3) is 0.286. The van der Waals surface area contributed by atoms with Gasteiger partial charge in [-0.2, -0.15) is 0 Å². The molecule has 0 saturated heterocycles. The average molecular weight is 294 g/mol. The van der Waals surface area contributed by atoms with Crippen molar-refractivity contribution in [2.75, 3.05) is 7.05 Å². The SMILES string of the molecule is CCc1cccc(C(NC)c2ccc(Br)o2)c1. The van der Waals surface area contributed by atoms with Gasteiger partial charge in [-0.3, -0.25) is 0 Å². The van der Waals surface area contributed by atoms with Crippen LogP contribution in [0.2, 0.25) is 0 Å². The van der Waals surface area contributed by atoms with Crippen LogP contribution in [0.1, 0.15) is 29.9 Å². The maximum atomic E-state index is 5.62. The Balaban J connectivity index is 2.34. The Morgan fingerprint density at radius 1 is 1.29 bits per heavy atom. The molecule has 1 atom stereocenters. The molecule has 1 aromatic heterocycles. The quantitative estimate of drug-likeness (QED) is 0.924. The zero-order valence-electron chi connectivity index (χ0n) is 10.0. The smallest absolute Gasteiger partial charge is 0.169 e. The molecule has 1 unspecified atom stereocenters. The normalized spacial score (nSPS) is 12.6. The summed E-state index contributed by atoms with van der Waals surface area (Å²) in [7, 11) is 1.94. The highest BCUT2D eigenvalue weighted by atomic mass is 79.9. The Morgan fingerprint density at radius 3 is 2.71 bits per heavy atom. The molecule has 0 amide bonds. The van der Waals surface area contributed by atoms with E-state index < -0.39 is 0 Å². The van der Waals surface area contributed by atoms with E-state index in [0.29, 0.717) is 0 Å². The van der Waals surface area contributed by atoms with Crippen molar-refractivity contribution in [2.24, 2.45) is 0 Å². The summed E-state index contributed by atoms with van der Waals surface area (Å²) in [6.07, 6.45) is 1.05. The summed E-state index contributed by atoms with van der Waals surface area (Å²) >= 11 is 3.34. The van der Waals surface area contributed by atoms with E-state index >= 15 is 0 Å². The number of benzene rings is 1. The van der Waals surface area contributed by atoms with Crippen LogP contribution in [0.5, 0.6) is 0 Å². The largest absolute Gasteiger partial charge is 0.452 e. The number of rotatable bonds is 4. The van der Waals surface area contributed by atoms with E-state index in [9.17, 15) is 0 Å². The number of halogens is 1. The molecule has 90 valence electrons. The molecule has 2 aromatic rings. The Bertz CT molecular complexity index is 492. The second-order valence-corrected chi connectivity index (χ2v) is 4.74. The summed E-state index contributed by atoms with van der Waals surface area (Å²) < 4.78 is 6.38. The molecule has 1 N–H and O–H groups in total. The summed E-state index contributed by atoms with van der Waals surface area (Å²) in [5.41, 5.74) is 2.57. The molecule has 1 aromatic carbocycles. The van der Waals surface area contributed by atoms with E-state index in [2.05, 4.69) is 52.4 Å². The summed E-state index contributed by atoms with van der Waals surface area (Å²) in [5.74, 6) is 0.924. The van der Waals surface area contributed by atoms with Crippen LogP contribution in [0, 0.1) is 0 Å². The monoisotopic (exact) mass is 293 g/mol. The van der Waals surface area contributed by atoms with E-state index in [1.54, 1.807) is 0 Å². The molecular formula is C14H16BrNO. The lowest BCUT2D eigenvalue weighted by Crippen LogP contribution is -2.17. The molecule has 0 saturated carbocycles. The van der Waals surface area contributed by atoms with Crippen LogP contribution in [0.4, 0.5) is 0 Å². The van der Waals surface area contributed by atoms with Crippen LogP contribution in [0.25, 0.3) is 0 Å². The van der Waals surface area contributed by atoms with Gasteiger partial charge in [0.25, 0.3) is 0 Å². The minimum absolute atomic E-state index is 0.104. The van der Waals surface area contributed by atoms with Gasteiger partial charge in [0.2, 0.25) is 0 Å². The summed E-state index contributed by atoms with van der Waals surface area (Å²) in [6.45, 7) is 2.16. The number of hydrogen-bond acceptors (Lipinski definition) is 2. The Morgan fingerprint density at radius 2 is 2.12 bits per heavy atom. The van der Waals surface area contributed by atoms with Crippen molar-refractivity contribution in [1.29, 1.82) is 0 Å². The summed E-state index contributed by atoms with van der Waals surface area (Å²) in [5, 5.41) is 3.28. The predicted octanol–water partition coefficient (Wildman–Crippen LogP) is 3.91. The third-order valence-electron chi connectivity index (χ3n) is 2.86. The van der Waals surface area contributed by atoms with Crippen LogP contribution in [0.15, 0.2) is 45.5 Å². The first kappa shape index (κ1) is 12.4. The Kier molecular flexibility index (Phi) is 4.02. The second-order valence-electron chi connectivity index (χ2n) is 3.96. The van der Waals surface area contributed by atoms with Gasteiger partial charge in [-0.15, -0.1) is 0 Å². The lowest BCUT2D eigenvalue weighted by Gasteiger charge is -2.14. The first-order chi connectivity index (χ1) is 8.24. The molecule has 0 spiro atoms. The molecule has 0 aliphatic rings. The van der Waals surface area contributed by atoms with Crippen LogP contribution in [0.3, 0.4) is 0 Å². The molecule has 0 bridgehead atoms. The van der Waals surface area contributed by atoms with Crippen molar-refractivity contribution in [2.45, 2.75) is 19.4 Å². The molecule has 2 nitrogen and oxygen atoms in total. The van der Waals surface area contributed by atoms with Crippen LogP contribution in [-0.4, -0.2) is 7.05 Å². The van der Waals surface area contributed by atoms with Gasteiger partial charge in [0, 0.05) is 0 Å². The van der Waals surface area contributed by atoms with Crippen molar-refractivity contribution in [1.82, 2.24) is 5.32 Å². The van der Waals surface area contributed by atoms with Crippen molar-refractivity contribution in [3.63, 3.8) is 0 Å². The van der Waals surface area contributed by atoms with Gasteiger partial charge in [-0.05, 0) is 52.7 Å². The molecule has 17 heavy (non-hydrogen) atoms. The summed E-state index contributed by atoms with van der Waals surface area (Å²) in [6, 6.07) is 12.6. The fourth-order valence-corrected chi connectivity index (χ4v) is 2.27. The van der Waals surface area contributed by atoms with Gasteiger partial charge in [0.15, 0.2) is 4.67 Å². The minimum atomic E-state index is 0.104. The zero-order chi connectivity index (χ0) is 12.3. The van der Waals surface area contributed by atoms with Gasteiger partial charge in [-0.25, -0.2) is 0 Å². The third-order valence-corrected chi connectivity index (χ3v) is 3.29. The molecule has 0 aliphatic carbocycles. The molecule has 2 rings (SSSR count). The van der Waals surface area contributed by atoms with Crippen LogP contribution >= 0.6 is 15.9 Å². The van der Waals surface area contributed by atoms with E-state index in [1.807, 2.05) is 19.2 Å². The molecule has 3 heteroatoms. The molecular weight excluding hydrogens is 278 g/mol. The van der Waals surface area contributed by atoms with Crippen molar-refractivity contribution < 1.29 is 4.42 Å². The van der Waals surface area contributed by atoms with Crippen LogP contribution in [-0.2, 0) is 6.42 Å². The standard InChI is InChI=1S/C14H16BrNO/c1-3-10-5-4-6-11(9-10)14(16-2)12-7-8-13(15)17-12/h4-9,14,16H,3H2,1-2H3. The number of furan rings is 1. The highest BCUT2D eigenvalue weighted by molar-refractivity contribution is 9.10. The second kappa shape index (κ2) is 5.52.